The molecule has 1 aromatic carbocycles. The van der Waals surface area contributed by atoms with Crippen molar-refractivity contribution >= 4 is 29.2 Å². The molecule has 2 aromatic heterocycles. The fourth-order valence-electron chi connectivity index (χ4n) is 2.80. The van der Waals surface area contributed by atoms with Crippen LogP contribution in [-0.2, 0) is 11.8 Å². The number of benzene rings is 1. The number of nitrogens with one attached hydrogen (secondary N) is 2. The number of hydrogen-bond acceptors (Lipinski definition) is 8. The van der Waals surface area contributed by atoms with E-state index in [1.165, 1.54) is 19.4 Å². The van der Waals surface area contributed by atoms with E-state index in [-0.39, 0.29) is 18.0 Å². The number of hydrogen-bond donors (Lipinski definition) is 3. The molecular formula is C20H23N7O4. The smallest absolute Gasteiger partial charge is 0.412 e. The van der Waals surface area contributed by atoms with Gasteiger partial charge in [0.2, 0.25) is 0 Å². The van der Waals surface area contributed by atoms with Crippen LogP contribution >= 0.6 is 0 Å². The standard InChI is InChI=1S/C20H23N7O4/c1-4-8-31-20(29)25-16-9-15(13(10-22-16)18(21)28)24-14-7-5-6-12(17(14)30-3)19-23-11-27(2)26-19/h5-7,9-11H,4,8H2,1-3H3,(H2,21,28)(H2,22,24,25,29). The number of nitrogens with zero attached hydrogens (tertiary/aromatic N) is 4. The van der Waals surface area contributed by atoms with Gasteiger partial charge in [-0.1, -0.05) is 13.0 Å². The molecule has 2 amide bonds. The fourth-order valence-corrected chi connectivity index (χ4v) is 2.80. The zero-order valence-corrected chi connectivity index (χ0v) is 17.4. The van der Waals surface area contributed by atoms with Crippen LogP contribution in [-0.4, -0.2) is 45.5 Å². The molecule has 3 aromatic rings. The zero-order chi connectivity index (χ0) is 22.4. The first-order valence-corrected chi connectivity index (χ1v) is 9.46. The highest BCUT2D eigenvalue weighted by atomic mass is 16.5. The number of aryl methyl sites for hydroxylation is 1. The van der Waals surface area contributed by atoms with Crippen molar-refractivity contribution in [1.29, 1.82) is 0 Å². The van der Waals surface area contributed by atoms with Gasteiger partial charge in [0.15, 0.2) is 11.6 Å². The van der Waals surface area contributed by atoms with E-state index >= 15 is 0 Å². The van der Waals surface area contributed by atoms with Gasteiger partial charge in [0.25, 0.3) is 5.91 Å². The van der Waals surface area contributed by atoms with Gasteiger partial charge in [0.05, 0.1) is 36.2 Å². The van der Waals surface area contributed by atoms with Crippen LogP contribution in [0.1, 0.15) is 23.7 Å². The Kier molecular flexibility index (Phi) is 6.65. The van der Waals surface area contributed by atoms with Gasteiger partial charge in [-0.05, 0) is 18.6 Å². The lowest BCUT2D eigenvalue weighted by Gasteiger charge is -2.16. The molecule has 0 saturated carbocycles. The summed E-state index contributed by atoms with van der Waals surface area (Å²) in [4.78, 5) is 32.1. The largest absolute Gasteiger partial charge is 0.494 e. The maximum Gasteiger partial charge on any atom is 0.412 e. The Morgan fingerprint density at radius 3 is 2.68 bits per heavy atom. The highest BCUT2D eigenvalue weighted by molar-refractivity contribution is 6.00. The molecule has 4 N–H and O–H groups in total. The van der Waals surface area contributed by atoms with Gasteiger partial charge in [-0.15, -0.1) is 0 Å². The van der Waals surface area contributed by atoms with Crippen LogP contribution in [0, 0.1) is 0 Å². The lowest BCUT2D eigenvalue weighted by Crippen LogP contribution is -2.17. The second kappa shape index (κ2) is 9.57. The summed E-state index contributed by atoms with van der Waals surface area (Å²) >= 11 is 0. The van der Waals surface area contributed by atoms with E-state index in [2.05, 4.69) is 25.7 Å². The molecule has 0 spiro atoms. The van der Waals surface area contributed by atoms with E-state index in [0.717, 1.165) is 0 Å². The average Bonchev–Trinajstić information content (AvgIpc) is 3.18. The Hall–Kier alpha value is -4.15. The van der Waals surface area contributed by atoms with Crippen molar-refractivity contribution in [3.63, 3.8) is 0 Å². The number of carbonyl (C=O) groups excluding carboxylic acids is 2. The van der Waals surface area contributed by atoms with E-state index in [1.54, 1.807) is 30.2 Å². The van der Waals surface area contributed by atoms with Crippen LogP contribution < -0.4 is 21.1 Å². The number of methoxy groups -OCH3 is 1. The number of pyridine rings is 1. The molecule has 0 aliphatic rings. The minimum atomic E-state index is -0.684. The number of rotatable bonds is 8. The summed E-state index contributed by atoms with van der Waals surface area (Å²) in [5, 5.41) is 9.95. The predicted molar refractivity (Wildman–Crippen MR) is 114 cm³/mol. The van der Waals surface area contributed by atoms with Crippen molar-refractivity contribution in [3.05, 3.63) is 42.4 Å². The van der Waals surface area contributed by atoms with Crippen molar-refractivity contribution in [2.24, 2.45) is 12.8 Å². The molecule has 0 fully saturated rings. The minimum Gasteiger partial charge on any atom is -0.494 e. The van der Waals surface area contributed by atoms with Gasteiger partial charge in [-0.3, -0.25) is 14.8 Å². The van der Waals surface area contributed by atoms with Gasteiger partial charge in [-0.25, -0.2) is 14.8 Å². The van der Waals surface area contributed by atoms with Gasteiger partial charge in [0.1, 0.15) is 12.1 Å². The minimum absolute atomic E-state index is 0.135. The summed E-state index contributed by atoms with van der Waals surface area (Å²) in [5.41, 5.74) is 7.16. The molecule has 11 heteroatoms. The number of para-hydroxylation sites is 1. The Labute approximate surface area is 178 Å². The molecule has 162 valence electrons. The quantitative estimate of drug-likeness (QED) is 0.499. The summed E-state index contributed by atoms with van der Waals surface area (Å²) in [6, 6.07) is 6.86. The Morgan fingerprint density at radius 1 is 1.23 bits per heavy atom. The van der Waals surface area contributed by atoms with E-state index in [9.17, 15) is 9.59 Å². The molecule has 0 aliphatic heterocycles. The normalized spacial score (nSPS) is 10.4. The molecule has 0 radical (unpaired) electrons. The summed E-state index contributed by atoms with van der Waals surface area (Å²) in [6.45, 7) is 2.17. The Bertz CT molecular complexity index is 1100. The zero-order valence-electron chi connectivity index (χ0n) is 17.4. The van der Waals surface area contributed by atoms with Crippen LogP contribution in [0.15, 0.2) is 36.8 Å². The monoisotopic (exact) mass is 425 g/mol. The first-order chi connectivity index (χ1) is 14.9. The van der Waals surface area contributed by atoms with Gasteiger partial charge < -0.3 is 20.5 Å². The predicted octanol–water partition coefficient (Wildman–Crippen LogP) is 2.69. The van der Waals surface area contributed by atoms with Crippen molar-refractivity contribution in [2.45, 2.75) is 13.3 Å². The molecular weight excluding hydrogens is 402 g/mol. The molecule has 0 unspecified atom stereocenters. The summed E-state index contributed by atoms with van der Waals surface area (Å²) < 4.78 is 12.2. The van der Waals surface area contributed by atoms with E-state index in [1.807, 2.05) is 13.0 Å². The third-order valence-corrected chi connectivity index (χ3v) is 4.17. The maximum absolute atomic E-state index is 11.9. The van der Waals surface area contributed by atoms with Gasteiger partial charge >= 0.3 is 6.09 Å². The number of ether oxygens (including phenoxy) is 2. The lowest BCUT2D eigenvalue weighted by atomic mass is 10.1. The fraction of sp³-hybridized carbons (Fsp3) is 0.250. The van der Waals surface area contributed by atoms with Crippen LogP contribution in [0.3, 0.4) is 0 Å². The van der Waals surface area contributed by atoms with Crippen LogP contribution in [0.2, 0.25) is 0 Å². The highest BCUT2D eigenvalue weighted by Gasteiger charge is 2.17. The van der Waals surface area contributed by atoms with E-state index in [4.69, 9.17) is 15.2 Å². The summed E-state index contributed by atoms with van der Waals surface area (Å²) in [7, 11) is 3.28. The van der Waals surface area contributed by atoms with Gasteiger partial charge in [0, 0.05) is 19.3 Å². The van der Waals surface area contributed by atoms with Crippen LogP contribution in [0.4, 0.5) is 22.0 Å². The maximum atomic E-state index is 11.9. The average molecular weight is 425 g/mol. The number of nitrogens with two attached hydrogens (primary N) is 1. The molecule has 0 atom stereocenters. The second-order valence-electron chi connectivity index (χ2n) is 6.49. The molecule has 3 rings (SSSR count). The summed E-state index contributed by atoms with van der Waals surface area (Å²) in [6.07, 6.45) is 2.90. The second-order valence-corrected chi connectivity index (χ2v) is 6.49. The number of amides is 2. The molecule has 0 aliphatic carbocycles. The molecule has 11 nitrogen and oxygen atoms in total. The Morgan fingerprint density at radius 2 is 2.03 bits per heavy atom. The topological polar surface area (TPSA) is 146 Å². The SMILES string of the molecule is CCCOC(=O)Nc1cc(Nc2cccc(-c3ncn(C)n3)c2OC)c(C(N)=O)cn1. The molecule has 0 saturated heterocycles. The third kappa shape index (κ3) is 5.07. The van der Waals surface area contributed by atoms with Crippen molar-refractivity contribution in [2.75, 3.05) is 24.4 Å². The number of aromatic nitrogens is 4. The van der Waals surface area contributed by atoms with Crippen molar-refractivity contribution in [1.82, 2.24) is 19.7 Å². The Balaban J connectivity index is 1.96. The summed E-state index contributed by atoms with van der Waals surface area (Å²) in [5.74, 6) is 0.457. The number of carbonyl (C=O) groups is 2. The third-order valence-electron chi connectivity index (χ3n) is 4.17. The van der Waals surface area contributed by atoms with E-state index in [0.29, 0.717) is 34.9 Å². The highest BCUT2D eigenvalue weighted by Crippen LogP contribution is 2.37. The van der Waals surface area contributed by atoms with Crippen LogP contribution in [0.25, 0.3) is 11.4 Å². The van der Waals surface area contributed by atoms with Crippen molar-refractivity contribution in [3.8, 4) is 17.1 Å². The first-order valence-electron chi connectivity index (χ1n) is 9.46. The number of primary amides is 1. The number of anilines is 3. The van der Waals surface area contributed by atoms with E-state index < -0.39 is 12.0 Å². The molecule has 0 bridgehead atoms. The van der Waals surface area contributed by atoms with Crippen LogP contribution in [0.5, 0.6) is 5.75 Å². The van der Waals surface area contributed by atoms with Gasteiger partial charge in [-0.2, -0.15) is 5.10 Å². The van der Waals surface area contributed by atoms with Crippen molar-refractivity contribution < 1.29 is 19.1 Å². The molecule has 31 heavy (non-hydrogen) atoms. The first kappa shape index (κ1) is 21.6. The molecule has 2 heterocycles. The lowest BCUT2D eigenvalue weighted by molar-refractivity contribution is 0.100.